The second-order valence-electron chi connectivity index (χ2n) is 2.55. The van der Waals surface area contributed by atoms with Crippen LogP contribution >= 0.6 is 15.9 Å². The summed E-state index contributed by atoms with van der Waals surface area (Å²) in [5.41, 5.74) is -0.693. The number of hydrogen-bond donors (Lipinski definition) is 3. The number of carboxylic acids is 1. The minimum absolute atomic E-state index is 0.247. The molecule has 15 heavy (non-hydrogen) atoms. The molecule has 0 amide bonds. The lowest BCUT2D eigenvalue weighted by Gasteiger charge is -2.06. The van der Waals surface area contributed by atoms with E-state index in [0.29, 0.717) is 6.07 Å². The normalized spacial score (nSPS) is 10.0. The molecule has 0 aliphatic carbocycles. The van der Waals surface area contributed by atoms with Crippen LogP contribution in [0.2, 0.25) is 0 Å². The van der Waals surface area contributed by atoms with E-state index >= 15 is 0 Å². The van der Waals surface area contributed by atoms with Crippen LogP contribution in [0.15, 0.2) is 10.5 Å². The Morgan fingerprint density at radius 3 is 2.27 bits per heavy atom. The number of hydrogen-bond acceptors (Lipinski definition) is 4. The van der Waals surface area contributed by atoms with Gasteiger partial charge in [-0.2, -0.15) is 0 Å². The maximum atomic E-state index is 12.8. The van der Waals surface area contributed by atoms with Gasteiger partial charge in [0.2, 0.25) is 0 Å². The Bertz CT molecular complexity index is 457. The number of carboxylic acid groups (broad SMARTS) is 1. The lowest BCUT2D eigenvalue weighted by molar-refractivity contribution is -0.131. The highest BCUT2D eigenvalue weighted by atomic mass is 79.9. The molecule has 0 aliphatic heterocycles. The van der Waals surface area contributed by atoms with Gasteiger partial charge in [0.1, 0.15) is 0 Å². The van der Waals surface area contributed by atoms with Gasteiger partial charge in [-0.15, -0.1) is 0 Å². The van der Waals surface area contributed by atoms with Gasteiger partial charge in [-0.1, -0.05) is 0 Å². The summed E-state index contributed by atoms with van der Waals surface area (Å²) in [6, 6.07) is 0.686. The van der Waals surface area contributed by atoms with Crippen molar-refractivity contribution in [3.8, 4) is 11.5 Å². The molecule has 0 spiro atoms. The Morgan fingerprint density at radius 1 is 1.27 bits per heavy atom. The van der Waals surface area contributed by atoms with E-state index in [0.717, 1.165) is 0 Å². The molecule has 7 heteroatoms. The van der Waals surface area contributed by atoms with E-state index in [9.17, 15) is 19.1 Å². The van der Waals surface area contributed by atoms with Gasteiger partial charge >= 0.3 is 5.97 Å². The van der Waals surface area contributed by atoms with E-state index in [-0.39, 0.29) is 4.47 Å². The first-order chi connectivity index (χ1) is 6.86. The first-order valence-electron chi connectivity index (χ1n) is 3.53. The Balaban J connectivity index is 3.49. The van der Waals surface area contributed by atoms with Gasteiger partial charge < -0.3 is 15.3 Å². The van der Waals surface area contributed by atoms with Crippen molar-refractivity contribution in [3.05, 3.63) is 21.9 Å². The van der Waals surface area contributed by atoms with Crippen LogP contribution < -0.4 is 0 Å². The Labute approximate surface area is 90.9 Å². The Morgan fingerprint density at radius 2 is 1.80 bits per heavy atom. The quantitative estimate of drug-likeness (QED) is 0.430. The van der Waals surface area contributed by atoms with Crippen molar-refractivity contribution in [2.75, 3.05) is 0 Å². The average Bonchev–Trinajstić information content (AvgIpc) is 2.14. The number of phenols is 2. The molecule has 0 radical (unpaired) electrons. The van der Waals surface area contributed by atoms with Crippen molar-refractivity contribution >= 4 is 27.7 Å². The number of halogens is 2. The maximum Gasteiger partial charge on any atom is 0.377 e. The maximum absolute atomic E-state index is 12.8. The summed E-state index contributed by atoms with van der Waals surface area (Å²) in [5.74, 6) is -6.70. The third-order valence-corrected chi connectivity index (χ3v) is 2.23. The number of aliphatic carboxylic acids is 1. The average molecular weight is 279 g/mol. The van der Waals surface area contributed by atoms with E-state index < -0.39 is 34.6 Å². The first-order valence-corrected chi connectivity index (χ1v) is 4.33. The van der Waals surface area contributed by atoms with Crippen LogP contribution in [-0.2, 0) is 4.79 Å². The Kier molecular flexibility index (Phi) is 2.94. The van der Waals surface area contributed by atoms with Gasteiger partial charge in [0.05, 0.1) is 5.56 Å². The van der Waals surface area contributed by atoms with Crippen molar-refractivity contribution in [1.82, 2.24) is 0 Å². The summed E-state index contributed by atoms with van der Waals surface area (Å²) in [4.78, 5) is 21.4. The number of carbonyl (C=O) groups excluding carboxylic acids is 1. The number of benzene rings is 1. The van der Waals surface area contributed by atoms with Crippen LogP contribution in [0, 0.1) is 5.82 Å². The third kappa shape index (κ3) is 1.91. The molecular weight excluding hydrogens is 275 g/mol. The van der Waals surface area contributed by atoms with Gasteiger partial charge in [-0.25, -0.2) is 9.18 Å². The van der Waals surface area contributed by atoms with Crippen LogP contribution in [0.3, 0.4) is 0 Å². The van der Waals surface area contributed by atoms with Crippen LogP contribution in [0.4, 0.5) is 4.39 Å². The zero-order chi connectivity index (χ0) is 11.7. The number of rotatable bonds is 2. The summed E-state index contributed by atoms with van der Waals surface area (Å²) in [7, 11) is 0. The second kappa shape index (κ2) is 3.85. The molecule has 80 valence electrons. The van der Waals surface area contributed by atoms with Gasteiger partial charge in [-0.05, 0) is 22.0 Å². The fourth-order valence-electron chi connectivity index (χ4n) is 0.919. The van der Waals surface area contributed by atoms with Gasteiger partial charge in [0.25, 0.3) is 5.78 Å². The van der Waals surface area contributed by atoms with E-state index in [1.54, 1.807) is 0 Å². The molecule has 0 aliphatic rings. The van der Waals surface area contributed by atoms with Crippen molar-refractivity contribution in [2.24, 2.45) is 0 Å². The molecular formula is C8H4BrFO5. The molecule has 5 nitrogen and oxygen atoms in total. The third-order valence-electron chi connectivity index (χ3n) is 1.60. The second-order valence-corrected chi connectivity index (χ2v) is 3.40. The summed E-state index contributed by atoms with van der Waals surface area (Å²) < 4.78 is 12.5. The van der Waals surface area contributed by atoms with Crippen molar-refractivity contribution in [2.45, 2.75) is 0 Å². The van der Waals surface area contributed by atoms with Gasteiger partial charge in [0.15, 0.2) is 17.3 Å². The topological polar surface area (TPSA) is 94.8 Å². The van der Waals surface area contributed by atoms with Crippen LogP contribution in [0.25, 0.3) is 0 Å². The SMILES string of the molecule is O=C(O)C(=O)c1c(Br)cc(F)c(O)c1O. The minimum atomic E-state index is -1.82. The van der Waals surface area contributed by atoms with Crippen molar-refractivity contribution in [3.63, 3.8) is 0 Å². The molecule has 0 heterocycles. The number of Topliss-reactive ketones (excluding diaryl/α,β-unsaturated/α-hetero) is 1. The first kappa shape index (κ1) is 11.4. The number of phenolic OH excluding ortho intramolecular Hbond substituents is 2. The molecule has 0 bridgehead atoms. The molecule has 1 aromatic carbocycles. The minimum Gasteiger partial charge on any atom is -0.504 e. The lowest BCUT2D eigenvalue weighted by atomic mass is 10.1. The van der Waals surface area contributed by atoms with Crippen LogP contribution in [0.5, 0.6) is 11.5 Å². The molecule has 1 rings (SSSR count). The van der Waals surface area contributed by atoms with Crippen molar-refractivity contribution in [1.29, 1.82) is 0 Å². The monoisotopic (exact) mass is 278 g/mol. The van der Waals surface area contributed by atoms with E-state index in [4.69, 9.17) is 10.2 Å². The zero-order valence-corrected chi connectivity index (χ0v) is 8.58. The highest BCUT2D eigenvalue weighted by Crippen LogP contribution is 2.37. The number of aromatic hydroxyl groups is 2. The predicted molar refractivity (Wildman–Crippen MR) is 49.4 cm³/mol. The van der Waals surface area contributed by atoms with Gasteiger partial charge in [0, 0.05) is 4.47 Å². The highest BCUT2D eigenvalue weighted by molar-refractivity contribution is 9.10. The molecule has 1 aromatic rings. The van der Waals surface area contributed by atoms with Gasteiger partial charge in [-0.3, -0.25) is 4.79 Å². The number of carbonyl (C=O) groups is 2. The number of ketones is 1. The van der Waals surface area contributed by atoms with E-state index in [2.05, 4.69) is 15.9 Å². The zero-order valence-electron chi connectivity index (χ0n) is 6.99. The highest BCUT2D eigenvalue weighted by Gasteiger charge is 2.26. The molecule has 0 fully saturated rings. The molecule has 0 unspecified atom stereocenters. The lowest BCUT2D eigenvalue weighted by Crippen LogP contribution is -2.13. The molecule has 0 aromatic heterocycles. The standard InChI is InChI=1S/C8H4BrFO5/c9-2-1-3(10)5(11)6(12)4(2)7(13)8(14)15/h1,11-12H,(H,14,15). The fraction of sp³-hybridized carbons (Fsp3) is 0. The van der Waals surface area contributed by atoms with Crippen molar-refractivity contribution < 1.29 is 29.3 Å². The van der Waals surface area contributed by atoms with Crippen LogP contribution in [-0.4, -0.2) is 27.1 Å². The summed E-state index contributed by atoms with van der Waals surface area (Å²) in [6.45, 7) is 0. The fourth-order valence-corrected chi connectivity index (χ4v) is 1.49. The molecule has 0 saturated carbocycles. The van der Waals surface area contributed by atoms with E-state index in [1.807, 2.05) is 0 Å². The van der Waals surface area contributed by atoms with E-state index in [1.165, 1.54) is 0 Å². The van der Waals surface area contributed by atoms with Crippen LogP contribution in [0.1, 0.15) is 10.4 Å². The predicted octanol–water partition coefficient (Wildman–Crippen LogP) is 1.27. The molecule has 3 N–H and O–H groups in total. The Hall–Kier alpha value is -1.63. The molecule has 0 atom stereocenters. The smallest absolute Gasteiger partial charge is 0.377 e. The summed E-state index contributed by atoms with van der Waals surface area (Å²) in [5, 5.41) is 26.5. The summed E-state index contributed by atoms with van der Waals surface area (Å²) >= 11 is 2.71. The largest absolute Gasteiger partial charge is 0.504 e. The summed E-state index contributed by atoms with van der Waals surface area (Å²) in [6.07, 6.45) is 0. The molecule has 0 saturated heterocycles.